The molecular weight excluding hydrogens is 248 g/mol. The van der Waals surface area contributed by atoms with Gasteiger partial charge >= 0.3 is 0 Å². The Morgan fingerprint density at radius 2 is 2.17 bits per heavy atom. The predicted molar refractivity (Wildman–Crippen MR) is 72.6 cm³/mol. The molecule has 2 rings (SSSR count). The van der Waals surface area contributed by atoms with Gasteiger partial charge in [-0.25, -0.2) is 0 Å². The minimum absolute atomic E-state index is 0.0511. The average molecular weight is 264 g/mol. The Morgan fingerprint density at radius 3 is 2.72 bits per heavy atom. The number of carbonyl (C=O) groups excluding carboxylic acids is 2. The van der Waals surface area contributed by atoms with Gasteiger partial charge in [0.25, 0.3) is 0 Å². The molecule has 0 aromatic heterocycles. The molecule has 2 amide bonds. The Kier molecular flexibility index (Phi) is 4.25. The summed E-state index contributed by atoms with van der Waals surface area (Å²) in [6.45, 7) is 2.10. The summed E-state index contributed by atoms with van der Waals surface area (Å²) >= 11 is 1.76. The van der Waals surface area contributed by atoms with Crippen LogP contribution < -0.4 is 10.6 Å². The molecule has 1 fully saturated rings. The second kappa shape index (κ2) is 5.91. The molecule has 1 aliphatic heterocycles. The Labute approximate surface area is 111 Å². The van der Waals surface area contributed by atoms with Crippen molar-refractivity contribution in [3.05, 3.63) is 24.3 Å². The second-order valence-electron chi connectivity index (χ2n) is 4.11. The molecule has 1 aromatic rings. The van der Waals surface area contributed by atoms with E-state index in [0.717, 1.165) is 11.4 Å². The molecule has 96 valence electrons. The molecule has 1 atom stereocenters. The zero-order valence-electron chi connectivity index (χ0n) is 10.2. The van der Waals surface area contributed by atoms with E-state index in [0.29, 0.717) is 12.8 Å². The zero-order chi connectivity index (χ0) is 13.0. The van der Waals surface area contributed by atoms with Gasteiger partial charge in [-0.2, -0.15) is 0 Å². The van der Waals surface area contributed by atoms with Crippen LogP contribution in [0.5, 0.6) is 0 Å². The number of amides is 2. The largest absolute Gasteiger partial charge is 0.344 e. The van der Waals surface area contributed by atoms with E-state index in [1.807, 2.05) is 24.3 Å². The van der Waals surface area contributed by atoms with E-state index in [4.69, 9.17) is 0 Å². The second-order valence-corrected chi connectivity index (χ2v) is 5.44. The molecule has 0 spiro atoms. The summed E-state index contributed by atoms with van der Waals surface area (Å²) in [5, 5.41) is 5.46. The van der Waals surface area contributed by atoms with Gasteiger partial charge < -0.3 is 10.6 Å². The number of anilines is 1. The summed E-state index contributed by atoms with van der Waals surface area (Å²) in [4.78, 5) is 24.1. The normalized spacial score (nSPS) is 18.5. The lowest BCUT2D eigenvalue weighted by Gasteiger charge is -2.11. The summed E-state index contributed by atoms with van der Waals surface area (Å²) in [5.74, 6) is 0.835. The van der Waals surface area contributed by atoms with E-state index >= 15 is 0 Å². The Hall–Kier alpha value is -1.49. The summed E-state index contributed by atoms with van der Waals surface area (Å²) in [6, 6.07) is 7.34. The number of rotatable bonds is 4. The van der Waals surface area contributed by atoms with Gasteiger partial charge in [0.05, 0.1) is 0 Å². The minimum Gasteiger partial charge on any atom is -0.344 e. The van der Waals surface area contributed by atoms with Gasteiger partial charge in [0.1, 0.15) is 6.04 Å². The van der Waals surface area contributed by atoms with E-state index in [-0.39, 0.29) is 17.9 Å². The zero-order valence-corrected chi connectivity index (χ0v) is 11.0. The van der Waals surface area contributed by atoms with Crippen molar-refractivity contribution in [1.82, 2.24) is 5.32 Å². The van der Waals surface area contributed by atoms with E-state index in [1.54, 1.807) is 11.8 Å². The topological polar surface area (TPSA) is 58.2 Å². The van der Waals surface area contributed by atoms with E-state index in [1.165, 1.54) is 4.90 Å². The maximum Gasteiger partial charge on any atom is 0.246 e. The standard InChI is InChI=1S/C13H16N2O2S/c1-2-18-10-5-3-9(4-6-10)14-13(17)11-7-8-12(16)15-11/h3-6,11H,2,7-8H2,1H3,(H,14,17)(H,15,16). The summed E-state index contributed by atoms with van der Waals surface area (Å²) in [5.41, 5.74) is 0.765. The minimum atomic E-state index is -0.387. The highest BCUT2D eigenvalue weighted by molar-refractivity contribution is 7.99. The Bertz CT molecular complexity index is 445. The van der Waals surface area contributed by atoms with Crippen molar-refractivity contribution in [2.24, 2.45) is 0 Å². The van der Waals surface area contributed by atoms with Crippen LogP contribution in [-0.4, -0.2) is 23.6 Å². The van der Waals surface area contributed by atoms with Crippen molar-refractivity contribution in [1.29, 1.82) is 0 Å². The molecule has 0 saturated carbocycles. The number of hydrogen-bond acceptors (Lipinski definition) is 3. The van der Waals surface area contributed by atoms with Gasteiger partial charge in [0, 0.05) is 17.0 Å². The number of thioether (sulfide) groups is 1. The van der Waals surface area contributed by atoms with Crippen molar-refractivity contribution in [2.75, 3.05) is 11.1 Å². The fourth-order valence-electron chi connectivity index (χ4n) is 1.84. The van der Waals surface area contributed by atoms with Crippen LogP contribution >= 0.6 is 11.8 Å². The molecule has 0 bridgehead atoms. The molecule has 0 radical (unpaired) electrons. The van der Waals surface area contributed by atoms with Crippen LogP contribution in [0.1, 0.15) is 19.8 Å². The molecule has 1 unspecified atom stereocenters. The van der Waals surface area contributed by atoms with Crippen molar-refractivity contribution in [3.63, 3.8) is 0 Å². The van der Waals surface area contributed by atoms with E-state index in [9.17, 15) is 9.59 Å². The lowest BCUT2D eigenvalue weighted by Crippen LogP contribution is -2.37. The van der Waals surface area contributed by atoms with Crippen molar-refractivity contribution in [3.8, 4) is 0 Å². The van der Waals surface area contributed by atoms with E-state index < -0.39 is 0 Å². The van der Waals surface area contributed by atoms with Gasteiger partial charge in [0.2, 0.25) is 11.8 Å². The summed E-state index contributed by atoms with van der Waals surface area (Å²) < 4.78 is 0. The van der Waals surface area contributed by atoms with Crippen LogP contribution in [0.3, 0.4) is 0 Å². The van der Waals surface area contributed by atoms with Crippen LogP contribution in [-0.2, 0) is 9.59 Å². The maximum absolute atomic E-state index is 11.8. The highest BCUT2D eigenvalue weighted by Crippen LogP contribution is 2.20. The van der Waals surface area contributed by atoms with Gasteiger partial charge in [-0.3, -0.25) is 9.59 Å². The first-order valence-corrected chi connectivity index (χ1v) is 7.00. The van der Waals surface area contributed by atoms with Gasteiger partial charge in [-0.05, 0) is 36.4 Å². The summed E-state index contributed by atoms with van der Waals surface area (Å²) in [6.07, 6.45) is 1.01. The van der Waals surface area contributed by atoms with Gasteiger partial charge in [0.15, 0.2) is 0 Å². The molecule has 4 nitrogen and oxygen atoms in total. The van der Waals surface area contributed by atoms with Crippen LogP contribution in [0, 0.1) is 0 Å². The van der Waals surface area contributed by atoms with Crippen molar-refractivity contribution in [2.45, 2.75) is 30.7 Å². The first-order valence-electron chi connectivity index (χ1n) is 6.02. The first kappa shape index (κ1) is 13.0. The van der Waals surface area contributed by atoms with Crippen molar-refractivity contribution >= 4 is 29.3 Å². The quantitative estimate of drug-likeness (QED) is 0.818. The van der Waals surface area contributed by atoms with E-state index in [2.05, 4.69) is 17.6 Å². The van der Waals surface area contributed by atoms with Crippen molar-refractivity contribution < 1.29 is 9.59 Å². The third-order valence-electron chi connectivity index (χ3n) is 2.74. The van der Waals surface area contributed by atoms with Crippen LogP contribution in [0.25, 0.3) is 0 Å². The summed E-state index contributed by atoms with van der Waals surface area (Å²) in [7, 11) is 0. The van der Waals surface area contributed by atoms with Gasteiger partial charge in [-0.15, -0.1) is 11.8 Å². The SMILES string of the molecule is CCSc1ccc(NC(=O)C2CCC(=O)N2)cc1. The molecule has 1 saturated heterocycles. The number of hydrogen-bond donors (Lipinski definition) is 2. The molecule has 2 N–H and O–H groups in total. The first-order chi connectivity index (χ1) is 8.69. The predicted octanol–water partition coefficient (Wildman–Crippen LogP) is 2.02. The number of nitrogens with one attached hydrogen (secondary N) is 2. The third-order valence-corrected chi connectivity index (χ3v) is 3.64. The van der Waals surface area contributed by atoms with Crippen LogP contribution in [0.2, 0.25) is 0 Å². The Balaban J connectivity index is 1.92. The smallest absolute Gasteiger partial charge is 0.246 e. The fourth-order valence-corrected chi connectivity index (χ4v) is 2.50. The van der Waals surface area contributed by atoms with Gasteiger partial charge in [-0.1, -0.05) is 6.92 Å². The fraction of sp³-hybridized carbons (Fsp3) is 0.385. The lowest BCUT2D eigenvalue weighted by molar-refractivity contribution is -0.122. The molecule has 5 heteroatoms. The molecule has 1 aliphatic rings. The molecule has 0 aliphatic carbocycles. The van der Waals surface area contributed by atoms with Crippen LogP contribution in [0.4, 0.5) is 5.69 Å². The molecular formula is C13H16N2O2S. The lowest BCUT2D eigenvalue weighted by atomic mass is 10.2. The third kappa shape index (κ3) is 3.26. The number of benzene rings is 1. The Morgan fingerprint density at radius 1 is 1.44 bits per heavy atom. The molecule has 18 heavy (non-hydrogen) atoms. The van der Waals surface area contributed by atoms with Crippen LogP contribution in [0.15, 0.2) is 29.2 Å². The average Bonchev–Trinajstić information content (AvgIpc) is 2.79. The highest BCUT2D eigenvalue weighted by Gasteiger charge is 2.26. The maximum atomic E-state index is 11.8. The monoisotopic (exact) mass is 264 g/mol. The highest BCUT2D eigenvalue weighted by atomic mass is 32.2. The molecule has 1 heterocycles. The number of carbonyl (C=O) groups is 2. The molecule has 1 aromatic carbocycles.